The van der Waals surface area contributed by atoms with Crippen LogP contribution in [0.25, 0.3) is 11.5 Å². The molecule has 4 rings (SSSR count). The third-order valence-corrected chi connectivity index (χ3v) is 9.70. The number of carbonyl (C=O) groups is 1. The van der Waals surface area contributed by atoms with Gasteiger partial charge < -0.3 is 4.42 Å². The summed E-state index contributed by atoms with van der Waals surface area (Å²) in [5.74, 6) is -0.949. The fraction of sp³-hybridized carbons (Fsp3) is 0.318. The van der Waals surface area contributed by atoms with E-state index in [1.165, 1.54) is 66.9 Å². The van der Waals surface area contributed by atoms with E-state index in [1.54, 1.807) is 0 Å². The highest BCUT2D eigenvalue weighted by Gasteiger charge is 2.34. The Kier molecular flexibility index (Phi) is 7.48. The molecule has 0 aliphatic carbocycles. The number of carbonyl (C=O) groups excluding carboxylic acids is 1. The van der Waals surface area contributed by atoms with Crippen LogP contribution >= 0.6 is 11.6 Å². The van der Waals surface area contributed by atoms with E-state index < -0.39 is 31.9 Å². The minimum atomic E-state index is -3.77. The van der Waals surface area contributed by atoms with Crippen LogP contribution in [0.5, 0.6) is 0 Å². The molecule has 1 fully saturated rings. The lowest BCUT2D eigenvalue weighted by atomic mass is 9.99. The quantitative estimate of drug-likeness (QED) is 0.470. The van der Waals surface area contributed by atoms with Gasteiger partial charge in [0.2, 0.25) is 31.8 Å². The van der Waals surface area contributed by atoms with Crippen LogP contribution in [0.2, 0.25) is 5.02 Å². The molecule has 192 valence electrons. The van der Waals surface area contributed by atoms with Crippen LogP contribution in [0.15, 0.2) is 62.7 Å². The molecule has 1 aromatic heterocycles. The second-order valence-corrected chi connectivity index (χ2v) is 12.9. The van der Waals surface area contributed by atoms with Gasteiger partial charge in [-0.1, -0.05) is 16.7 Å². The minimum absolute atomic E-state index is 0.0135. The Bertz CT molecular complexity index is 1460. The van der Waals surface area contributed by atoms with Crippen LogP contribution in [0.3, 0.4) is 0 Å². The Balaban J connectivity index is 1.43. The zero-order valence-corrected chi connectivity index (χ0v) is 21.8. The molecule has 2 aromatic carbocycles. The molecule has 1 N–H and O–H groups in total. The molecule has 0 radical (unpaired) electrons. The molecule has 36 heavy (non-hydrogen) atoms. The van der Waals surface area contributed by atoms with E-state index in [0.29, 0.717) is 30.0 Å². The third-order valence-electron chi connectivity index (χ3n) is 5.74. The Hall–Kier alpha value is -2.84. The number of aromatic nitrogens is 2. The Labute approximate surface area is 214 Å². The van der Waals surface area contributed by atoms with Gasteiger partial charge in [-0.15, -0.1) is 5.10 Å². The highest BCUT2D eigenvalue weighted by Crippen LogP contribution is 2.27. The first-order valence-electron chi connectivity index (χ1n) is 10.9. The number of rotatable bonds is 7. The fourth-order valence-corrected chi connectivity index (χ4v) is 6.26. The van der Waals surface area contributed by atoms with Gasteiger partial charge >= 0.3 is 6.01 Å². The monoisotopic (exact) mass is 553 g/mol. The van der Waals surface area contributed by atoms with Crippen LogP contribution < -0.4 is 5.32 Å². The van der Waals surface area contributed by atoms with Crippen LogP contribution in [0.4, 0.5) is 6.01 Å². The summed E-state index contributed by atoms with van der Waals surface area (Å²) >= 11 is 5.86. The summed E-state index contributed by atoms with van der Waals surface area (Å²) in [5, 5.41) is 10.7. The topological polar surface area (TPSA) is 143 Å². The predicted molar refractivity (Wildman–Crippen MR) is 132 cm³/mol. The number of halogens is 1. The summed E-state index contributed by atoms with van der Waals surface area (Å²) in [6.45, 7) is 0.318. The van der Waals surface area contributed by atoms with Crippen molar-refractivity contribution < 1.29 is 26.0 Å². The van der Waals surface area contributed by atoms with Gasteiger partial charge in [-0.2, -0.15) is 4.31 Å². The van der Waals surface area contributed by atoms with Crippen molar-refractivity contribution in [2.75, 3.05) is 32.5 Å². The molecule has 1 aliphatic heterocycles. The molecular weight excluding hydrogens is 530 g/mol. The zero-order chi connectivity index (χ0) is 26.1. The number of sulfonamides is 2. The van der Waals surface area contributed by atoms with Gasteiger partial charge in [0, 0.05) is 37.8 Å². The highest BCUT2D eigenvalue weighted by molar-refractivity contribution is 7.89. The maximum atomic E-state index is 13.0. The second-order valence-electron chi connectivity index (χ2n) is 8.37. The van der Waals surface area contributed by atoms with Gasteiger partial charge in [0.25, 0.3) is 0 Å². The van der Waals surface area contributed by atoms with Crippen LogP contribution in [0, 0.1) is 5.92 Å². The summed E-state index contributed by atoms with van der Waals surface area (Å²) in [4.78, 5) is 13.1. The number of benzene rings is 2. The van der Waals surface area contributed by atoms with Crippen LogP contribution in [-0.4, -0.2) is 68.7 Å². The summed E-state index contributed by atoms with van der Waals surface area (Å²) < 4.78 is 58.3. The van der Waals surface area contributed by atoms with Gasteiger partial charge in [0.1, 0.15) is 0 Å². The number of nitrogens with one attached hydrogen (secondary N) is 1. The molecule has 1 saturated heterocycles. The Morgan fingerprint density at radius 2 is 1.67 bits per heavy atom. The number of amides is 1. The van der Waals surface area contributed by atoms with Gasteiger partial charge in [-0.25, -0.2) is 21.1 Å². The zero-order valence-electron chi connectivity index (χ0n) is 19.5. The fourth-order valence-electron chi connectivity index (χ4n) is 3.71. The third kappa shape index (κ3) is 5.44. The molecule has 1 unspecified atom stereocenters. The van der Waals surface area contributed by atoms with E-state index in [2.05, 4.69) is 15.5 Å². The summed E-state index contributed by atoms with van der Waals surface area (Å²) in [7, 11) is -4.47. The SMILES string of the molecule is CN(C)S(=O)(=O)c1ccc(-c2nnc(NC(=O)C3CCCN(S(=O)(=O)c4ccc(Cl)cc4)C3)o2)cc1. The molecule has 0 bridgehead atoms. The molecule has 1 amide bonds. The van der Waals surface area contributed by atoms with Crippen molar-refractivity contribution in [1.29, 1.82) is 0 Å². The molecule has 0 spiro atoms. The predicted octanol–water partition coefficient (Wildman–Crippen LogP) is 2.68. The number of piperidine rings is 1. The lowest BCUT2D eigenvalue weighted by Gasteiger charge is -2.30. The first kappa shape index (κ1) is 26.2. The second kappa shape index (κ2) is 10.3. The van der Waals surface area contributed by atoms with Crippen LogP contribution in [-0.2, 0) is 24.8 Å². The molecule has 3 aromatic rings. The van der Waals surface area contributed by atoms with E-state index in [0.717, 1.165) is 4.31 Å². The maximum Gasteiger partial charge on any atom is 0.322 e. The van der Waals surface area contributed by atoms with Crippen molar-refractivity contribution in [2.24, 2.45) is 5.92 Å². The maximum absolute atomic E-state index is 13.0. The van der Waals surface area contributed by atoms with E-state index in [9.17, 15) is 21.6 Å². The van der Waals surface area contributed by atoms with Crippen molar-refractivity contribution >= 4 is 43.6 Å². The molecular formula is C22H24ClN5O6S2. The molecule has 2 heterocycles. The largest absolute Gasteiger partial charge is 0.403 e. The molecule has 1 aliphatic rings. The lowest BCUT2D eigenvalue weighted by molar-refractivity contribution is -0.121. The number of hydrogen-bond donors (Lipinski definition) is 1. The smallest absolute Gasteiger partial charge is 0.322 e. The van der Waals surface area contributed by atoms with E-state index in [-0.39, 0.29) is 28.2 Å². The summed E-state index contributed by atoms with van der Waals surface area (Å²) in [5.41, 5.74) is 0.471. The lowest BCUT2D eigenvalue weighted by Crippen LogP contribution is -2.43. The van der Waals surface area contributed by atoms with Crippen molar-refractivity contribution in [2.45, 2.75) is 22.6 Å². The van der Waals surface area contributed by atoms with Crippen molar-refractivity contribution in [1.82, 2.24) is 18.8 Å². The van der Waals surface area contributed by atoms with E-state index >= 15 is 0 Å². The average Bonchev–Trinajstić information content (AvgIpc) is 3.33. The van der Waals surface area contributed by atoms with Crippen LogP contribution in [0.1, 0.15) is 12.8 Å². The molecule has 14 heteroatoms. The molecule has 1 atom stereocenters. The minimum Gasteiger partial charge on any atom is -0.403 e. The first-order valence-corrected chi connectivity index (χ1v) is 14.2. The number of anilines is 1. The number of hydrogen-bond acceptors (Lipinski definition) is 8. The summed E-state index contributed by atoms with van der Waals surface area (Å²) in [6.07, 6.45) is 1.02. The van der Waals surface area contributed by atoms with Gasteiger partial charge in [0.05, 0.1) is 15.7 Å². The Morgan fingerprint density at radius 3 is 2.31 bits per heavy atom. The van der Waals surface area contributed by atoms with E-state index in [4.69, 9.17) is 16.0 Å². The highest BCUT2D eigenvalue weighted by atomic mass is 35.5. The standard InChI is InChI=1S/C22H24ClN5O6S2/c1-27(2)35(30,31)18-9-5-15(6-10-18)21-25-26-22(34-21)24-20(29)16-4-3-13-28(14-16)36(32,33)19-11-7-17(23)8-12-19/h5-12,16H,3-4,13-14H2,1-2H3,(H,24,26,29). The van der Waals surface area contributed by atoms with Crippen molar-refractivity contribution in [3.63, 3.8) is 0 Å². The van der Waals surface area contributed by atoms with Crippen molar-refractivity contribution in [3.05, 3.63) is 53.6 Å². The molecule has 11 nitrogen and oxygen atoms in total. The average molecular weight is 554 g/mol. The summed E-state index contributed by atoms with van der Waals surface area (Å²) in [6, 6.07) is 11.6. The normalized spacial score (nSPS) is 17.3. The van der Waals surface area contributed by atoms with Crippen molar-refractivity contribution in [3.8, 4) is 11.5 Å². The Morgan fingerprint density at radius 1 is 1.03 bits per heavy atom. The van der Waals surface area contributed by atoms with Gasteiger partial charge in [0.15, 0.2) is 0 Å². The van der Waals surface area contributed by atoms with Gasteiger partial charge in [-0.3, -0.25) is 10.1 Å². The first-order chi connectivity index (χ1) is 17.0. The van der Waals surface area contributed by atoms with Gasteiger partial charge in [-0.05, 0) is 61.4 Å². The molecule has 0 saturated carbocycles. The number of nitrogens with zero attached hydrogens (tertiary/aromatic N) is 4. The van der Waals surface area contributed by atoms with E-state index in [1.807, 2.05) is 0 Å².